The van der Waals surface area contributed by atoms with Crippen LogP contribution in [0.4, 0.5) is 17.5 Å². The summed E-state index contributed by atoms with van der Waals surface area (Å²) in [4.78, 5) is 16.2. The van der Waals surface area contributed by atoms with E-state index in [0.29, 0.717) is 38.4 Å². The second kappa shape index (κ2) is 6.23. The van der Waals surface area contributed by atoms with Gasteiger partial charge < -0.3 is 16.0 Å². The van der Waals surface area contributed by atoms with Gasteiger partial charge in [0, 0.05) is 5.69 Å². The van der Waals surface area contributed by atoms with Gasteiger partial charge in [0.2, 0.25) is 0 Å². The highest BCUT2D eigenvalue weighted by Gasteiger charge is 2.17. The quantitative estimate of drug-likeness (QED) is 0.487. The summed E-state index contributed by atoms with van der Waals surface area (Å²) in [6.07, 6.45) is 0. The maximum Gasteiger partial charge on any atom is 0.200 e. The van der Waals surface area contributed by atoms with Crippen molar-refractivity contribution in [2.75, 3.05) is 11.1 Å². The lowest BCUT2D eigenvalue weighted by Crippen LogP contribution is -1.99. The molecule has 0 aliphatic heterocycles. The molecule has 0 spiro atoms. The van der Waals surface area contributed by atoms with Crippen molar-refractivity contribution in [1.82, 2.24) is 19.9 Å². The van der Waals surface area contributed by atoms with E-state index in [1.54, 1.807) is 18.2 Å². The summed E-state index contributed by atoms with van der Waals surface area (Å²) in [7, 11) is 0. The van der Waals surface area contributed by atoms with Crippen molar-refractivity contribution in [2.24, 2.45) is 0 Å². The molecule has 2 heterocycles. The van der Waals surface area contributed by atoms with E-state index in [1.165, 1.54) is 0 Å². The molecule has 2 aromatic carbocycles. The van der Waals surface area contributed by atoms with Crippen LogP contribution in [0, 0.1) is 0 Å². The maximum absolute atomic E-state index is 6.30. The lowest BCUT2D eigenvalue weighted by molar-refractivity contribution is 1.20. The van der Waals surface area contributed by atoms with E-state index in [1.807, 2.05) is 30.3 Å². The first-order chi connectivity index (χ1) is 12.1. The Morgan fingerprint density at radius 2 is 1.60 bits per heavy atom. The minimum atomic E-state index is 0.253. The van der Waals surface area contributed by atoms with Gasteiger partial charge in [0.1, 0.15) is 5.52 Å². The average molecular weight is 371 g/mol. The van der Waals surface area contributed by atoms with Gasteiger partial charge in [-0.2, -0.15) is 4.98 Å². The Morgan fingerprint density at radius 3 is 2.32 bits per heavy atom. The number of hydrogen-bond donors (Lipinski definition) is 3. The first-order valence-electron chi connectivity index (χ1n) is 7.41. The molecule has 4 rings (SSSR count). The number of hydrogen-bond acceptors (Lipinski definition) is 5. The lowest BCUT2D eigenvalue weighted by atomic mass is 10.2. The molecule has 0 fully saturated rings. The van der Waals surface area contributed by atoms with Gasteiger partial charge in [0.25, 0.3) is 0 Å². The topological polar surface area (TPSA) is 92.5 Å². The van der Waals surface area contributed by atoms with E-state index in [2.05, 4.69) is 25.3 Å². The summed E-state index contributed by atoms with van der Waals surface area (Å²) in [5, 5.41) is 4.16. The fourth-order valence-electron chi connectivity index (χ4n) is 2.49. The molecule has 25 heavy (non-hydrogen) atoms. The summed E-state index contributed by atoms with van der Waals surface area (Å²) in [5.74, 6) is 1.15. The molecule has 0 unspecified atom stereocenters. The predicted octanol–water partition coefficient (Wildman–Crippen LogP) is 4.65. The minimum absolute atomic E-state index is 0.253. The predicted molar refractivity (Wildman–Crippen MR) is 101 cm³/mol. The van der Waals surface area contributed by atoms with Gasteiger partial charge in [-0.15, -0.1) is 0 Å². The van der Waals surface area contributed by atoms with Gasteiger partial charge in [0.05, 0.1) is 15.6 Å². The van der Waals surface area contributed by atoms with Crippen LogP contribution < -0.4 is 11.1 Å². The summed E-state index contributed by atoms with van der Waals surface area (Å²) in [6, 6.07) is 14.9. The number of nitrogens with one attached hydrogen (secondary N) is 2. The normalized spacial score (nSPS) is 11.0. The van der Waals surface area contributed by atoms with Crippen LogP contribution >= 0.6 is 23.2 Å². The van der Waals surface area contributed by atoms with Crippen LogP contribution in [0.5, 0.6) is 0 Å². The molecule has 0 aliphatic rings. The number of para-hydroxylation sites is 1. The van der Waals surface area contributed by atoms with Gasteiger partial charge in [0.15, 0.2) is 23.2 Å². The van der Waals surface area contributed by atoms with Crippen molar-refractivity contribution in [3.63, 3.8) is 0 Å². The molecule has 0 aliphatic carbocycles. The molecule has 0 amide bonds. The van der Waals surface area contributed by atoms with Crippen LogP contribution in [0.25, 0.3) is 22.6 Å². The van der Waals surface area contributed by atoms with E-state index in [-0.39, 0.29) is 5.95 Å². The Balaban J connectivity index is 1.92. The highest BCUT2D eigenvalue weighted by Crippen LogP contribution is 2.34. The van der Waals surface area contributed by atoms with E-state index < -0.39 is 0 Å². The zero-order valence-electron chi connectivity index (χ0n) is 12.8. The molecule has 6 nitrogen and oxygen atoms in total. The second-order valence-corrected chi connectivity index (χ2v) is 6.12. The molecule has 0 radical (unpaired) electrons. The number of aromatic amines is 1. The van der Waals surface area contributed by atoms with Crippen molar-refractivity contribution in [3.8, 4) is 11.4 Å². The van der Waals surface area contributed by atoms with Gasteiger partial charge in [-0.05, 0) is 24.3 Å². The van der Waals surface area contributed by atoms with Crippen molar-refractivity contribution in [1.29, 1.82) is 0 Å². The molecule has 2 aromatic heterocycles. The fraction of sp³-hybridized carbons (Fsp3) is 0. The van der Waals surface area contributed by atoms with Crippen molar-refractivity contribution in [2.45, 2.75) is 0 Å². The van der Waals surface area contributed by atoms with Gasteiger partial charge in [-0.3, -0.25) is 0 Å². The zero-order chi connectivity index (χ0) is 17.4. The number of anilines is 3. The Hall–Kier alpha value is -2.83. The van der Waals surface area contributed by atoms with Crippen molar-refractivity contribution >= 4 is 51.8 Å². The number of aromatic nitrogens is 4. The molecular formula is C17H12Cl2N6. The monoisotopic (exact) mass is 370 g/mol. The Morgan fingerprint density at radius 1 is 0.880 bits per heavy atom. The van der Waals surface area contributed by atoms with E-state index in [4.69, 9.17) is 28.9 Å². The van der Waals surface area contributed by atoms with Crippen molar-refractivity contribution < 1.29 is 0 Å². The fourth-order valence-corrected chi connectivity index (χ4v) is 3.05. The molecule has 8 heteroatoms. The smallest absolute Gasteiger partial charge is 0.200 e. The SMILES string of the molecule is Nc1nc2nc(-c3c(Cl)cccc3Cl)nc(Nc3ccccc3)c2[nH]1. The minimum Gasteiger partial charge on any atom is -0.369 e. The summed E-state index contributed by atoms with van der Waals surface area (Å²) in [6.45, 7) is 0. The first-order valence-corrected chi connectivity index (χ1v) is 8.17. The van der Waals surface area contributed by atoms with E-state index in [9.17, 15) is 0 Å². The third-order valence-corrected chi connectivity index (χ3v) is 4.22. The van der Waals surface area contributed by atoms with Crippen LogP contribution in [-0.4, -0.2) is 19.9 Å². The third-order valence-electron chi connectivity index (χ3n) is 3.59. The number of H-pyrrole nitrogens is 1. The van der Waals surface area contributed by atoms with Crippen LogP contribution in [0.3, 0.4) is 0 Å². The van der Waals surface area contributed by atoms with Gasteiger partial charge in [-0.25, -0.2) is 9.97 Å². The highest BCUT2D eigenvalue weighted by molar-refractivity contribution is 6.39. The third kappa shape index (κ3) is 2.97. The van der Waals surface area contributed by atoms with Crippen LogP contribution in [-0.2, 0) is 0 Å². The molecule has 0 bridgehead atoms. The standard InChI is InChI=1S/C17H12Cl2N6/c18-10-7-4-8-11(19)12(10)14-23-15(21-9-5-2-1-3-6-9)13-16(24-14)25-17(20)22-13/h1-8H,(H4,20,21,22,23,24,25). The zero-order valence-corrected chi connectivity index (χ0v) is 14.3. The molecule has 0 atom stereocenters. The van der Waals surface area contributed by atoms with Crippen LogP contribution in [0.2, 0.25) is 10.0 Å². The number of imidazole rings is 1. The first kappa shape index (κ1) is 15.7. The van der Waals surface area contributed by atoms with E-state index in [0.717, 1.165) is 5.69 Å². The van der Waals surface area contributed by atoms with Gasteiger partial charge in [-0.1, -0.05) is 47.5 Å². The lowest BCUT2D eigenvalue weighted by Gasteiger charge is -2.10. The number of nitrogens with zero attached hydrogens (tertiary/aromatic N) is 3. The second-order valence-electron chi connectivity index (χ2n) is 5.30. The Bertz CT molecular complexity index is 1040. The van der Waals surface area contributed by atoms with Crippen LogP contribution in [0.15, 0.2) is 48.5 Å². The molecule has 4 aromatic rings. The number of halogens is 2. The summed E-state index contributed by atoms with van der Waals surface area (Å²) in [5.41, 5.74) is 8.23. The Kier molecular flexibility index (Phi) is 3.91. The molecule has 4 N–H and O–H groups in total. The van der Waals surface area contributed by atoms with E-state index >= 15 is 0 Å². The molecule has 124 valence electrons. The summed E-state index contributed by atoms with van der Waals surface area (Å²) < 4.78 is 0. The van der Waals surface area contributed by atoms with Gasteiger partial charge >= 0.3 is 0 Å². The Labute approximate surface area is 153 Å². The highest BCUT2D eigenvalue weighted by atomic mass is 35.5. The molecular weight excluding hydrogens is 359 g/mol. The molecule has 0 saturated carbocycles. The number of nitrogen functional groups attached to an aromatic ring is 1. The van der Waals surface area contributed by atoms with Crippen molar-refractivity contribution in [3.05, 3.63) is 58.6 Å². The maximum atomic E-state index is 6.30. The average Bonchev–Trinajstić information content (AvgIpc) is 2.96. The summed E-state index contributed by atoms with van der Waals surface area (Å²) >= 11 is 12.6. The number of fused-ring (bicyclic) bond motifs is 1. The number of rotatable bonds is 3. The molecule has 0 saturated heterocycles. The number of benzene rings is 2. The van der Waals surface area contributed by atoms with Crippen LogP contribution in [0.1, 0.15) is 0 Å². The number of nitrogens with two attached hydrogens (primary N) is 1. The largest absolute Gasteiger partial charge is 0.369 e.